The summed E-state index contributed by atoms with van der Waals surface area (Å²) in [6.45, 7) is 7.65. The molecule has 0 amide bonds. The normalized spacial score (nSPS) is 14.4. The first kappa shape index (κ1) is 14.2. The molecule has 1 fully saturated rings. The summed E-state index contributed by atoms with van der Waals surface area (Å²) in [5.41, 5.74) is 4.83. The molecule has 0 bridgehead atoms. The van der Waals surface area contributed by atoms with E-state index in [9.17, 15) is 0 Å². The molecule has 1 aliphatic carbocycles. The fraction of sp³-hybridized carbons (Fsp3) is 0.444. The number of nitrogens with one attached hydrogen (secondary N) is 1. The van der Waals surface area contributed by atoms with Gasteiger partial charge in [-0.15, -0.1) is 0 Å². The molecular formula is C18H23NO2. The highest BCUT2D eigenvalue weighted by Crippen LogP contribution is 2.27. The molecule has 0 unspecified atom stereocenters. The largest absolute Gasteiger partial charge is 0.485 e. The van der Waals surface area contributed by atoms with Crippen LogP contribution >= 0.6 is 0 Å². The van der Waals surface area contributed by atoms with Gasteiger partial charge in [-0.1, -0.05) is 12.1 Å². The van der Waals surface area contributed by atoms with Crippen LogP contribution in [0.25, 0.3) is 0 Å². The number of benzene rings is 1. The van der Waals surface area contributed by atoms with Gasteiger partial charge in [0.1, 0.15) is 18.1 Å². The van der Waals surface area contributed by atoms with Crippen LogP contribution in [0.4, 0.5) is 0 Å². The van der Waals surface area contributed by atoms with Crippen molar-refractivity contribution in [3.8, 4) is 5.75 Å². The van der Waals surface area contributed by atoms with E-state index >= 15 is 0 Å². The summed E-state index contributed by atoms with van der Waals surface area (Å²) >= 11 is 0. The minimum Gasteiger partial charge on any atom is -0.485 e. The van der Waals surface area contributed by atoms with Crippen LogP contribution in [0.1, 0.15) is 40.9 Å². The molecule has 3 nitrogen and oxygen atoms in total. The highest BCUT2D eigenvalue weighted by atomic mass is 16.5. The standard InChI is InChI=1S/C18H23NO2/c1-12-4-5-13(2)18(14(12)3)21-11-17-15(8-9-20-17)10-19-16-6-7-16/h4-5,8-9,16,19H,6-7,10-11H2,1-3H3. The molecule has 0 radical (unpaired) electrons. The van der Waals surface area contributed by atoms with Gasteiger partial charge < -0.3 is 14.5 Å². The third kappa shape index (κ3) is 3.30. The summed E-state index contributed by atoms with van der Waals surface area (Å²) in [7, 11) is 0. The van der Waals surface area contributed by atoms with Crippen molar-refractivity contribution in [2.24, 2.45) is 0 Å². The Balaban J connectivity index is 1.67. The second kappa shape index (κ2) is 5.94. The summed E-state index contributed by atoms with van der Waals surface area (Å²) in [5.74, 6) is 1.90. The summed E-state index contributed by atoms with van der Waals surface area (Å²) < 4.78 is 11.6. The van der Waals surface area contributed by atoms with Gasteiger partial charge in [-0.3, -0.25) is 0 Å². The van der Waals surface area contributed by atoms with Gasteiger partial charge >= 0.3 is 0 Å². The van der Waals surface area contributed by atoms with Crippen molar-refractivity contribution in [2.75, 3.05) is 0 Å². The lowest BCUT2D eigenvalue weighted by molar-refractivity contribution is 0.264. The lowest BCUT2D eigenvalue weighted by Crippen LogP contribution is -2.16. The van der Waals surface area contributed by atoms with Crippen LogP contribution in [-0.2, 0) is 13.2 Å². The van der Waals surface area contributed by atoms with Gasteiger partial charge in [0.25, 0.3) is 0 Å². The molecule has 0 saturated heterocycles. The van der Waals surface area contributed by atoms with Crippen molar-refractivity contribution in [3.05, 3.63) is 52.5 Å². The summed E-state index contributed by atoms with van der Waals surface area (Å²) in [4.78, 5) is 0. The summed E-state index contributed by atoms with van der Waals surface area (Å²) in [5, 5.41) is 3.51. The fourth-order valence-corrected chi connectivity index (χ4v) is 2.48. The molecule has 0 spiro atoms. The van der Waals surface area contributed by atoms with Crippen LogP contribution in [0.5, 0.6) is 5.75 Å². The van der Waals surface area contributed by atoms with Crippen molar-refractivity contribution < 1.29 is 9.15 Å². The molecule has 1 aromatic carbocycles. The van der Waals surface area contributed by atoms with E-state index in [2.05, 4.69) is 38.2 Å². The van der Waals surface area contributed by atoms with E-state index in [1.807, 2.05) is 6.07 Å². The number of hydrogen-bond donors (Lipinski definition) is 1. The molecule has 1 N–H and O–H groups in total. The zero-order valence-corrected chi connectivity index (χ0v) is 13.0. The van der Waals surface area contributed by atoms with Crippen molar-refractivity contribution in [1.82, 2.24) is 5.32 Å². The Bertz CT molecular complexity index is 626. The van der Waals surface area contributed by atoms with Crippen molar-refractivity contribution in [2.45, 2.75) is 52.8 Å². The molecular weight excluding hydrogens is 262 g/mol. The molecule has 112 valence electrons. The first-order valence-corrected chi connectivity index (χ1v) is 7.63. The van der Waals surface area contributed by atoms with Crippen LogP contribution in [0.15, 0.2) is 28.9 Å². The van der Waals surface area contributed by atoms with E-state index in [1.165, 1.54) is 35.1 Å². The molecule has 1 heterocycles. The average Bonchev–Trinajstić information content (AvgIpc) is 3.20. The minimum absolute atomic E-state index is 0.486. The zero-order valence-electron chi connectivity index (χ0n) is 13.0. The minimum atomic E-state index is 0.486. The Labute approximate surface area is 126 Å². The lowest BCUT2D eigenvalue weighted by atomic mass is 10.1. The van der Waals surface area contributed by atoms with Gasteiger partial charge in [-0.2, -0.15) is 0 Å². The Hall–Kier alpha value is -1.74. The Morgan fingerprint density at radius 2 is 1.90 bits per heavy atom. The van der Waals surface area contributed by atoms with Crippen LogP contribution in [0.2, 0.25) is 0 Å². The van der Waals surface area contributed by atoms with Crippen molar-refractivity contribution >= 4 is 0 Å². The Morgan fingerprint density at radius 1 is 1.14 bits per heavy atom. The molecule has 3 heteroatoms. The second-order valence-electron chi connectivity index (χ2n) is 5.97. The molecule has 21 heavy (non-hydrogen) atoms. The Morgan fingerprint density at radius 3 is 2.67 bits per heavy atom. The second-order valence-corrected chi connectivity index (χ2v) is 5.97. The maximum Gasteiger partial charge on any atom is 0.146 e. The maximum absolute atomic E-state index is 6.03. The van der Waals surface area contributed by atoms with Gasteiger partial charge in [0, 0.05) is 18.2 Å². The molecule has 2 aromatic rings. The van der Waals surface area contributed by atoms with Crippen LogP contribution in [0, 0.1) is 20.8 Å². The topological polar surface area (TPSA) is 34.4 Å². The van der Waals surface area contributed by atoms with Gasteiger partial charge in [0.05, 0.1) is 6.26 Å². The fourth-order valence-electron chi connectivity index (χ4n) is 2.48. The van der Waals surface area contributed by atoms with Gasteiger partial charge in [-0.05, 0) is 56.4 Å². The highest BCUT2D eigenvalue weighted by molar-refractivity contribution is 5.44. The quantitative estimate of drug-likeness (QED) is 0.870. The van der Waals surface area contributed by atoms with E-state index < -0.39 is 0 Å². The maximum atomic E-state index is 6.03. The zero-order chi connectivity index (χ0) is 14.8. The average molecular weight is 285 g/mol. The molecule has 3 rings (SSSR count). The first-order valence-electron chi connectivity index (χ1n) is 7.63. The number of hydrogen-bond acceptors (Lipinski definition) is 3. The third-order valence-corrected chi connectivity index (χ3v) is 4.22. The van der Waals surface area contributed by atoms with E-state index in [1.54, 1.807) is 6.26 Å². The van der Waals surface area contributed by atoms with E-state index in [4.69, 9.17) is 9.15 Å². The first-order chi connectivity index (χ1) is 10.1. The SMILES string of the molecule is Cc1ccc(C)c(OCc2occc2CNC2CC2)c1C. The third-order valence-electron chi connectivity index (χ3n) is 4.22. The lowest BCUT2D eigenvalue weighted by Gasteiger charge is -2.13. The number of ether oxygens (including phenoxy) is 1. The number of aryl methyl sites for hydroxylation is 2. The highest BCUT2D eigenvalue weighted by Gasteiger charge is 2.21. The van der Waals surface area contributed by atoms with Gasteiger partial charge in [-0.25, -0.2) is 0 Å². The van der Waals surface area contributed by atoms with Gasteiger partial charge in [0.2, 0.25) is 0 Å². The van der Waals surface area contributed by atoms with E-state index in [-0.39, 0.29) is 0 Å². The number of rotatable bonds is 6. The van der Waals surface area contributed by atoms with Crippen LogP contribution in [0.3, 0.4) is 0 Å². The predicted molar refractivity (Wildman–Crippen MR) is 83.6 cm³/mol. The molecule has 1 aromatic heterocycles. The summed E-state index contributed by atoms with van der Waals surface area (Å²) in [6.07, 6.45) is 4.34. The summed E-state index contributed by atoms with van der Waals surface area (Å²) in [6, 6.07) is 6.98. The van der Waals surface area contributed by atoms with Gasteiger partial charge in [0.15, 0.2) is 0 Å². The monoisotopic (exact) mass is 285 g/mol. The van der Waals surface area contributed by atoms with Crippen LogP contribution < -0.4 is 10.1 Å². The molecule has 0 atom stereocenters. The smallest absolute Gasteiger partial charge is 0.146 e. The van der Waals surface area contributed by atoms with Crippen molar-refractivity contribution in [3.63, 3.8) is 0 Å². The Kier molecular flexibility index (Phi) is 4.02. The molecule has 1 aliphatic rings. The van der Waals surface area contributed by atoms with Crippen LogP contribution in [-0.4, -0.2) is 6.04 Å². The van der Waals surface area contributed by atoms with Crippen molar-refractivity contribution in [1.29, 1.82) is 0 Å². The number of furan rings is 1. The van der Waals surface area contributed by atoms with E-state index in [0.717, 1.165) is 18.1 Å². The molecule has 1 saturated carbocycles. The molecule has 0 aliphatic heterocycles. The predicted octanol–water partition coefficient (Wildman–Crippen LogP) is 4.04. The van der Waals surface area contributed by atoms with E-state index in [0.29, 0.717) is 12.6 Å².